The van der Waals surface area contributed by atoms with Crippen molar-refractivity contribution in [2.24, 2.45) is 5.92 Å². The van der Waals surface area contributed by atoms with E-state index in [-0.39, 0.29) is 12.1 Å². The number of carbonyl (C=O) groups excluding carboxylic acids is 1. The second-order valence-electron chi connectivity index (χ2n) is 3.83. The highest BCUT2D eigenvalue weighted by atomic mass is 16.5. The van der Waals surface area contributed by atoms with Crippen LogP contribution in [-0.4, -0.2) is 23.8 Å². The number of cyclic esters (lactones) is 1. The second-order valence-corrected chi connectivity index (χ2v) is 3.83. The molecule has 1 saturated carbocycles. The molecule has 0 aromatic rings. The zero-order valence-electron chi connectivity index (χ0n) is 7.53. The molecule has 0 bridgehead atoms. The predicted octanol–water partition coefficient (Wildman–Crippen LogP) is 1.02. The summed E-state index contributed by atoms with van der Waals surface area (Å²) in [5, 5.41) is 9.30. The normalized spacial score (nSPS) is 34.2. The summed E-state index contributed by atoms with van der Waals surface area (Å²) in [6.07, 6.45) is 5.18. The minimum Gasteiger partial charge on any atom is -0.458 e. The number of hydrogen-bond acceptors (Lipinski definition) is 3. The molecule has 13 heavy (non-hydrogen) atoms. The summed E-state index contributed by atoms with van der Waals surface area (Å²) < 4.78 is 4.85. The lowest BCUT2D eigenvalue weighted by Crippen LogP contribution is -2.19. The van der Waals surface area contributed by atoms with Crippen LogP contribution in [0.4, 0.5) is 0 Å². The number of carbonyl (C=O) groups is 1. The van der Waals surface area contributed by atoms with E-state index in [9.17, 15) is 9.90 Å². The molecule has 1 aliphatic heterocycles. The molecule has 0 radical (unpaired) electrons. The fraction of sp³-hybridized carbons (Fsp3) is 0.700. The van der Waals surface area contributed by atoms with E-state index < -0.39 is 0 Å². The summed E-state index contributed by atoms with van der Waals surface area (Å²) in [7, 11) is 0. The summed E-state index contributed by atoms with van der Waals surface area (Å²) in [5.74, 6) is 0.260. The lowest BCUT2D eigenvalue weighted by Gasteiger charge is -2.25. The van der Waals surface area contributed by atoms with Crippen LogP contribution in [0, 0.1) is 5.92 Å². The quantitative estimate of drug-likeness (QED) is 0.616. The van der Waals surface area contributed by atoms with Gasteiger partial charge < -0.3 is 9.84 Å². The third kappa shape index (κ3) is 1.91. The molecule has 2 rings (SSSR count). The van der Waals surface area contributed by atoms with Crippen LogP contribution in [0.1, 0.15) is 25.7 Å². The van der Waals surface area contributed by atoms with Crippen LogP contribution in [0.5, 0.6) is 0 Å². The van der Waals surface area contributed by atoms with Crippen molar-refractivity contribution in [1.82, 2.24) is 0 Å². The Hall–Kier alpha value is -0.830. The van der Waals surface area contributed by atoms with E-state index in [0.29, 0.717) is 12.5 Å². The van der Waals surface area contributed by atoms with Gasteiger partial charge >= 0.3 is 5.97 Å². The Balaban J connectivity index is 1.95. The van der Waals surface area contributed by atoms with Crippen LogP contribution in [0.25, 0.3) is 0 Å². The maximum atomic E-state index is 10.8. The Bertz CT molecular complexity index is 237. The lowest BCUT2D eigenvalue weighted by atomic mass is 9.83. The predicted molar refractivity (Wildman–Crippen MR) is 47.0 cm³/mol. The Morgan fingerprint density at radius 1 is 1.31 bits per heavy atom. The molecule has 0 amide bonds. The van der Waals surface area contributed by atoms with Crippen molar-refractivity contribution in [2.75, 3.05) is 6.61 Å². The number of rotatable bonds is 1. The zero-order valence-corrected chi connectivity index (χ0v) is 7.53. The summed E-state index contributed by atoms with van der Waals surface area (Å²) in [6, 6.07) is 0. The highest BCUT2D eigenvalue weighted by Gasteiger charge is 2.26. The molecule has 0 aromatic heterocycles. The summed E-state index contributed by atoms with van der Waals surface area (Å²) in [5.41, 5.74) is 1.12. The van der Waals surface area contributed by atoms with Gasteiger partial charge in [0.05, 0.1) is 6.10 Å². The largest absolute Gasteiger partial charge is 0.458 e. The molecule has 3 heteroatoms. The van der Waals surface area contributed by atoms with Crippen molar-refractivity contribution < 1.29 is 14.6 Å². The van der Waals surface area contributed by atoms with E-state index in [1.165, 1.54) is 0 Å². The molecule has 2 aliphatic rings. The molecular weight excluding hydrogens is 168 g/mol. The van der Waals surface area contributed by atoms with Crippen molar-refractivity contribution in [2.45, 2.75) is 31.8 Å². The highest BCUT2D eigenvalue weighted by molar-refractivity contribution is 5.85. The van der Waals surface area contributed by atoms with Gasteiger partial charge in [0, 0.05) is 6.08 Å². The van der Waals surface area contributed by atoms with Crippen LogP contribution >= 0.6 is 0 Å². The first-order chi connectivity index (χ1) is 6.25. The molecule has 0 saturated heterocycles. The maximum Gasteiger partial charge on any atom is 0.331 e. The van der Waals surface area contributed by atoms with Gasteiger partial charge in [-0.1, -0.05) is 0 Å². The number of aliphatic hydroxyl groups excluding tert-OH is 1. The van der Waals surface area contributed by atoms with E-state index in [1.807, 2.05) is 0 Å². The van der Waals surface area contributed by atoms with Gasteiger partial charge in [0.1, 0.15) is 6.61 Å². The Morgan fingerprint density at radius 3 is 2.54 bits per heavy atom. The van der Waals surface area contributed by atoms with Gasteiger partial charge in [-0.15, -0.1) is 0 Å². The van der Waals surface area contributed by atoms with Gasteiger partial charge in [0.15, 0.2) is 0 Å². The Labute approximate surface area is 77.4 Å². The van der Waals surface area contributed by atoms with Crippen LogP contribution in [0.15, 0.2) is 11.6 Å². The van der Waals surface area contributed by atoms with Crippen LogP contribution in [0.3, 0.4) is 0 Å². The van der Waals surface area contributed by atoms with Crippen molar-refractivity contribution in [3.63, 3.8) is 0 Å². The average molecular weight is 182 g/mol. The van der Waals surface area contributed by atoms with E-state index in [2.05, 4.69) is 0 Å². The zero-order chi connectivity index (χ0) is 9.26. The number of ether oxygens (including phenoxy) is 1. The van der Waals surface area contributed by atoms with Crippen LogP contribution in [0.2, 0.25) is 0 Å². The SMILES string of the molecule is O=C1C=C(C2CCC(O)CC2)CO1. The standard InChI is InChI=1S/C10H14O3/c11-9-3-1-7(2-4-9)8-5-10(12)13-6-8/h5,7,9,11H,1-4,6H2. The first kappa shape index (κ1) is 8.75. The Kier molecular flexibility index (Phi) is 2.36. The molecule has 0 atom stereocenters. The highest BCUT2D eigenvalue weighted by Crippen LogP contribution is 2.31. The minimum atomic E-state index is -0.207. The van der Waals surface area contributed by atoms with Gasteiger partial charge in [-0.25, -0.2) is 4.79 Å². The lowest BCUT2D eigenvalue weighted by molar-refractivity contribution is -0.135. The van der Waals surface area contributed by atoms with Crippen molar-refractivity contribution >= 4 is 5.97 Å². The monoisotopic (exact) mass is 182 g/mol. The second kappa shape index (κ2) is 3.50. The third-order valence-corrected chi connectivity index (χ3v) is 2.91. The van der Waals surface area contributed by atoms with E-state index in [0.717, 1.165) is 31.3 Å². The van der Waals surface area contributed by atoms with Gasteiger partial charge in [0.25, 0.3) is 0 Å². The van der Waals surface area contributed by atoms with Crippen molar-refractivity contribution in [3.05, 3.63) is 11.6 Å². The smallest absolute Gasteiger partial charge is 0.331 e. The first-order valence-corrected chi connectivity index (χ1v) is 4.81. The van der Waals surface area contributed by atoms with Gasteiger partial charge in [0.2, 0.25) is 0 Å². The van der Waals surface area contributed by atoms with E-state index in [1.54, 1.807) is 6.08 Å². The molecule has 1 aliphatic carbocycles. The van der Waals surface area contributed by atoms with Crippen molar-refractivity contribution in [1.29, 1.82) is 0 Å². The molecule has 3 nitrogen and oxygen atoms in total. The molecule has 0 unspecified atom stereocenters. The minimum absolute atomic E-state index is 0.130. The topological polar surface area (TPSA) is 46.5 Å². The van der Waals surface area contributed by atoms with Gasteiger partial charge in [-0.2, -0.15) is 0 Å². The molecule has 72 valence electrons. The van der Waals surface area contributed by atoms with Crippen molar-refractivity contribution in [3.8, 4) is 0 Å². The van der Waals surface area contributed by atoms with E-state index >= 15 is 0 Å². The molecule has 1 heterocycles. The first-order valence-electron chi connectivity index (χ1n) is 4.81. The summed E-state index contributed by atoms with van der Waals surface area (Å²) in [4.78, 5) is 10.8. The fourth-order valence-corrected chi connectivity index (χ4v) is 2.07. The number of hydrogen-bond donors (Lipinski definition) is 1. The summed E-state index contributed by atoms with van der Waals surface area (Å²) >= 11 is 0. The van der Waals surface area contributed by atoms with Gasteiger partial charge in [-0.05, 0) is 37.2 Å². The van der Waals surface area contributed by atoms with Crippen LogP contribution in [-0.2, 0) is 9.53 Å². The molecule has 0 aromatic carbocycles. The van der Waals surface area contributed by atoms with Crippen LogP contribution < -0.4 is 0 Å². The Morgan fingerprint density at radius 2 is 2.00 bits per heavy atom. The molecular formula is C10H14O3. The fourth-order valence-electron chi connectivity index (χ4n) is 2.07. The molecule has 1 fully saturated rings. The average Bonchev–Trinajstić information content (AvgIpc) is 2.53. The van der Waals surface area contributed by atoms with E-state index in [4.69, 9.17) is 4.74 Å². The maximum absolute atomic E-state index is 10.8. The number of aliphatic hydroxyl groups is 1. The van der Waals surface area contributed by atoms with Gasteiger partial charge in [-0.3, -0.25) is 0 Å². The summed E-state index contributed by atoms with van der Waals surface area (Å²) in [6.45, 7) is 0.472. The third-order valence-electron chi connectivity index (χ3n) is 2.91. The number of esters is 1. The molecule has 0 spiro atoms. The molecule has 1 N–H and O–H groups in total.